The lowest BCUT2D eigenvalue weighted by atomic mass is 10.1. The largest absolute Gasteiger partial charge is 0.573 e. The van der Waals surface area contributed by atoms with Gasteiger partial charge in [-0.25, -0.2) is 9.97 Å². The zero-order chi connectivity index (χ0) is 22.3. The van der Waals surface area contributed by atoms with E-state index in [1.807, 2.05) is 20.8 Å². The molecule has 1 heterocycles. The fraction of sp³-hybridized carbons (Fsp3) is 0.545. The Morgan fingerprint density at radius 2 is 1.70 bits per heavy atom. The van der Waals surface area contributed by atoms with Crippen molar-refractivity contribution in [3.05, 3.63) is 29.6 Å². The Hall–Kier alpha value is -2.51. The number of ether oxygens (including phenoxy) is 3. The Bertz CT molecular complexity index is 841. The van der Waals surface area contributed by atoms with E-state index in [-0.39, 0.29) is 23.2 Å². The van der Waals surface area contributed by atoms with Crippen LogP contribution in [0.1, 0.15) is 58.3 Å². The molecule has 5 nitrogen and oxygen atoms in total. The zero-order valence-electron chi connectivity index (χ0n) is 18.1. The highest BCUT2D eigenvalue weighted by Crippen LogP contribution is 2.38. The van der Waals surface area contributed by atoms with Gasteiger partial charge in [-0.1, -0.05) is 34.1 Å². The van der Waals surface area contributed by atoms with Crippen LogP contribution in [0.25, 0.3) is 11.3 Å². The summed E-state index contributed by atoms with van der Waals surface area (Å²) in [6, 6.07) is 4.29. The summed E-state index contributed by atoms with van der Waals surface area (Å²) in [5, 5.41) is 0. The monoisotopic (exact) mass is 426 g/mol. The van der Waals surface area contributed by atoms with Gasteiger partial charge in [-0.05, 0) is 37.8 Å². The van der Waals surface area contributed by atoms with Gasteiger partial charge in [-0.2, -0.15) is 0 Å². The minimum Gasteiger partial charge on any atom is -0.497 e. The number of alkyl halides is 3. The molecule has 0 radical (unpaired) electrons. The number of halogens is 3. The molecule has 0 aliphatic heterocycles. The van der Waals surface area contributed by atoms with Gasteiger partial charge in [-0.15, -0.1) is 13.2 Å². The average Bonchev–Trinajstić information content (AvgIpc) is 2.71. The molecule has 166 valence electrons. The van der Waals surface area contributed by atoms with Crippen molar-refractivity contribution in [2.45, 2.75) is 72.3 Å². The van der Waals surface area contributed by atoms with E-state index in [2.05, 4.69) is 21.6 Å². The standard InChI is InChI=1S/C22H29F3N2O3/c1-6-10-14(7-2)29-21-18(9-4)26-20(17(8-3)27-21)16-12-11-15(28-5)13-19(16)30-22(23,24)25/h11-14H,6-10H2,1-5H3. The van der Waals surface area contributed by atoms with Gasteiger partial charge in [-0.3, -0.25) is 0 Å². The number of methoxy groups -OCH3 is 1. The maximum absolute atomic E-state index is 13.0. The lowest BCUT2D eigenvalue weighted by Crippen LogP contribution is -2.19. The van der Waals surface area contributed by atoms with Gasteiger partial charge in [0.2, 0.25) is 5.88 Å². The second-order valence-corrected chi connectivity index (χ2v) is 6.82. The quantitative estimate of drug-likeness (QED) is 0.457. The second-order valence-electron chi connectivity index (χ2n) is 6.82. The minimum atomic E-state index is -4.84. The molecular weight excluding hydrogens is 397 g/mol. The van der Waals surface area contributed by atoms with Crippen molar-refractivity contribution >= 4 is 0 Å². The predicted molar refractivity (Wildman–Crippen MR) is 109 cm³/mol. The topological polar surface area (TPSA) is 53.5 Å². The number of aromatic nitrogens is 2. The van der Waals surface area contributed by atoms with Crippen molar-refractivity contribution in [2.75, 3.05) is 7.11 Å². The first kappa shape index (κ1) is 23.8. The highest BCUT2D eigenvalue weighted by molar-refractivity contribution is 5.71. The van der Waals surface area contributed by atoms with Crippen molar-refractivity contribution in [1.82, 2.24) is 9.97 Å². The van der Waals surface area contributed by atoms with Crippen molar-refractivity contribution in [3.63, 3.8) is 0 Å². The lowest BCUT2D eigenvalue weighted by Gasteiger charge is -2.20. The van der Waals surface area contributed by atoms with Crippen molar-refractivity contribution in [1.29, 1.82) is 0 Å². The van der Waals surface area contributed by atoms with E-state index in [4.69, 9.17) is 9.47 Å². The van der Waals surface area contributed by atoms with Gasteiger partial charge < -0.3 is 14.2 Å². The first-order valence-corrected chi connectivity index (χ1v) is 10.3. The first-order valence-electron chi connectivity index (χ1n) is 10.3. The molecule has 8 heteroatoms. The van der Waals surface area contributed by atoms with Gasteiger partial charge in [0.15, 0.2) is 0 Å². The van der Waals surface area contributed by atoms with Gasteiger partial charge in [0.05, 0.1) is 18.5 Å². The molecule has 0 saturated carbocycles. The zero-order valence-corrected chi connectivity index (χ0v) is 18.1. The second kappa shape index (κ2) is 10.5. The lowest BCUT2D eigenvalue weighted by molar-refractivity contribution is -0.274. The number of hydrogen-bond donors (Lipinski definition) is 0. The fourth-order valence-electron chi connectivity index (χ4n) is 3.13. The van der Waals surface area contributed by atoms with E-state index in [1.165, 1.54) is 19.2 Å². The average molecular weight is 426 g/mol. The van der Waals surface area contributed by atoms with Crippen molar-refractivity contribution in [3.8, 4) is 28.6 Å². The predicted octanol–water partition coefficient (Wildman–Crippen LogP) is 6.13. The maximum atomic E-state index is 13.0. The van der Waals surface area contributed by atoms with Crippen LogP contribution in [-0.4, -0.2) is 29.5 Å². The summed E-state index contributed by atoms with van der Waals surface area (Å²) in [6.45, 7) is 7.92. The Morgan fingerprint density at radius 3 is 2.23 bits per heavy atom. The number of benzene rings is 1. The number of hydrogen-bond acceptors (Lipinski definition) is 5. The molecule has 0 N–H and O–H groups in total. The number of aryl methyl sites for hydroxylation is 2. The molecule has 2 aromatic rings. The van der Waals surface area contributed by atoms with E-state index in [9.17, 15) is 13.2 Å². The molecule has 0 aliphatic carbocycles. The summed E-state index contributed by atoms with van der Waals surface area (Å²) in [5.74, 6) is 0.328. The molecule has 30 heavy (non-hydrogen) atoms. The van der Waals surface area contributed by atoms with Crippen molar-refractivity contribution < 1.29 is 27.4 Å². The van der Waals surface area contributed by atoms with Crippen LogP contribution >= 0.6 is 0 Å². The van der Waals surface area contributed by atoms with Gasteiger partial charge in [0.1, 0.15) is 23.3 Å². The molecule has 2 rings (SSSR count). The van der Waals surface area contributed by atoms with Crippen LogP contribution < -0.4 is 14.2 Å². The summed E-state index contributed by atoms with van der Waals surface area (Å²) >= 11 is 0. The highest BCUT2D eigenvalue weighted by atomic mass is 19.4. The molecular formula is C22H29F3N2O3. The fourth-order valence-corrected chi connectivity index (χ4v) is 3.13. The Balaban J connectivity index is 2.59. The summed E-state index contributed by atoms with van der Waals surface area (Å²) in [4.78, 5) is 9.29. The van der Waals surface area contributed by atoms with Crippen LogP contribution in [0.15, 0.2) is 18.2 Å². The third-order valence-electron chi connectivity index (χ3n) is 4.69. The molecule has 0 amide bonds. The molecule has 0 spiro atoms. The Morgan fingerprint density at radius 1 is 1.00 bits per heavy atom. The van der Waals surface area contributed by atoms with Crippen LogP contribution in [0.3, 0.4) is 0 Å². The van der Waals surface area contributed by atoms with E-state index >= 15 is 0 Å². The third kappa shape index (κ3) is 6.00. The van der Waals surface area contributed by atoms with Crippen molar-refractivity contribution in [2.24, 2.45) is 0 Å². The highest BCUT2D eigenvalue weighted by Gasteiger charge is 2.33. The van der Waals surface area contributed by atoms with Crippen LogP contribution in [0.2, 0.25) is 0 Å². The smallest absolute Gasteiger partial charge is 0.497 e. The van der Waals surface area contributed by atoms with Gasteiger partial charge >= 0.3 is 6.36 Å². The molecule has 0 saturated heterocycles. The van der Waals surface area contributed by atoms with Gasteiger partial charge in [0.25, 0.3) is 0 Å². The summed E-state index contributed by atoms with van der Waals surface area (Å²) in [6.07, 6.45) is -1.09. The summed E-state index contributed by atoms with van der Waals surface area (Å²) in [5.41, 5.74) is 1.71. The van der Waals surface area contributed by atoms with E-state index in [1.54, 1.807) is 6.07 Å². The van der Waals surface area contributed by atoms with E-state index < -0.39 is 6.36 Å². The summed E-state index contributed by atoms with van der Waals surface area (Å²) in [7, 11) is 1.38. The molecule has 1 aromatic heterocycles. The normalized spacial score (nSPS) is 12.5. The van der Waals surface area contributed by atoms with E-state index in [0.717, 1.165) is 19.3 Å². The maximum Gasteiger partial charge on any atom is 0.573 e. The SMILES string of the molecule is CCCC(CC)Oc1nc(CC)c(-c2ccc(OC)cc2OC(F)(F)F)nc1CC. The van der Waals surface area contributed by atoms with E-state index in [0.29, 0.717) is 35.8 Å². The van der Waals surface area contributed by atoms with Crippen LogP contribution in [0.5, 0.6) is 17.4 Å². The molecule has 0 aliphatic rings. The number of nitrogens with zero attached hydrogens (tertiary/aromatic N) is 2. The van der Waals surface area contributed by atoms with Crippen LogP contribution in [0.4, 0.5) is 13.2 Å². The molecule has 1 aromatic carbocycles. The minimum absolute atomic E-state index is 0.0234. The number of rotatable bonds is 10. The molecule has 1 atom stereocenters. The third-order valence-corrected chi connectivity index (χ3v) is 4.69. The Labute approximate surface area is 175 Å². The molecule has 1 unspecified atom stereocenters. The van der Waals surface area contributed by atoms with Crippen LogP contribution in [-0.2, 0) is 12.8 Å². The first-order chi connectivity index (χ1) is 14.3. The van der Waals surface area contributed by atoms with Gasteiger partial charge in [0, 0.05) is 11.6 Å². The van der Waals surface area contributed by atoms with Crippen LogP contribution in [0, 0.1) is 0 Å². The Kier molecular flexibility index (Phi) is 8.32. The summed E-state index contributed by atoms with van der Waals surface area (Å²) < 4.78 is 54.4. The molecule has 0 fully saturated rings. The molecule has 0 bridgehead atoms.